The summed E-state index contributed by atoms with van der Waals surface area (Å²) in [5.74, 6) is 0.395. The van der Waals surface area contributed by atoms with E-state index in [0.29, 0.717) is 17.8 Å². The summed E-state index contributed by atoms with van der Waals surface area (Å²) >= 11 is 0. The Morgan fingerprint density at radius 1 is 1.17 bits per heavy atom. The predicted octanol–water partition coefficient (Wildman–Crippen LogP) is 0.590. The monoisotopic (exact) mass is 272 g/mol. The summed E-state index contributed by atoms with van der Waals surface area (Å²) in [6, 6.07) is 1.34. The zero-order chi connectivity index (χ0) is 13.0. The number of nitrogens with zero attached hydrogens (tertiary/aromatic N) is 2. The molecule has 5 heteroatoms. The predicted molar refractivity (Wildman–Crippen MR) is 72.4 cm³/mol. The van der Waals surface area contributed by atoms with Gasteiger partial charge in [-0.3, -0.25) is 4.90 Å². The van der Waals surface area contributed by atoms with E-state index in [-0.39, 0.29) is 5.41 Å². The van der Waals surface area contributed by atoms with Gasteiger partial charge in [-0.2, -0.15) is 0 Å². The van der Waals surface area contributed by atoms with Crippen molar-refractivity contribution in [1.29, 1.82) is 0 Å². The molecule has 1 saturated carbocycles. The van der Waals surface area contributed by atoms with E-state index in [1.54, 1.807) is 0 Å². The molecule has 2 bridgehead atoms. The van der Waals surface area contributed by atoms with E-state index in [4.69, 9.17) is 0 Å². The van der Waals surface area contributed by atoms with Gasteiger partial charge in [0.25, 0.3) is 0 Å². The lowest BCUT2D eigenvalue weighted by atomic mass is 10.1. The van der Waals surface area contributed by atoms with Crippen molar-refractivity contribution >= 4 is 9.84 Å². The molecule has 3 aliphatic rings. The first-order chi connectivity index (χ1) is 8.37. The van der Waals surface area contributed by atoms with Crippen LogP contribution in [0.5, 0.6) is 0 Å². The third-order valence-electron chi connectivity index (χ3n) is 4.86. The first-order valence-corrected chi connectivity index (χ1v) is 9.05. The highest BCUT2D eigenvalue weighted by molar-refractivity contribution is 7.90. The molecule has 0 aromatic rings. The lowest BCUT2D eigenvalue weighted by Crippen LogP contribution is -2.54. The number of fused-ring (bicyclic) bond motifs is 2. The average Bonchev–Trinajstić information content (AvgIpc) is 2.90. The van der Waals surface area contributed by atoms with Gasteiger partial charge in [-0.15, -0.1) is 0 Å². The fourth-order valence-electron chi connectivity index (χ4n) is 3.93. The maximum atomic E-state index is 11.5. The fourth-order valence-corrected chi connectivity index (χ4v) is 5.42. The van der Waals surface area contributed by atoms with E-state index >= 15 is 0 Å². The third kappa shape index (κ3) is 2.58. The van der Waals surface area contributed by atoms with Crippen molar-refractivity contribution in [3.05, 3.63) is 0 Å². The largest absolute Gasteiger partial charge is 0.303 e. The Morgan fingerprint density at radius 2 is 1.72 bits per heavy atom. The molecule has 4 nitrogen and oxygen atoms in total. The fraction of sp³-hybridized carbons (Fsp3) is 1.00. The summed E-state index contributed by atoms with van der Waals surface area (Å²) in [7, 11) is -0.632. The summed E-state index contributed by atoms with van der Waals surface area (Å²) in [6.45, 7) is 3.33. The number of rotatable bonds is 4. The van der Waals surface area contributed by atoms with Crippen LogP contribution in [0, 0.1) is 5.41 Å². The minimum atomic E-state index is -2.83. The number of hydrogen-bond donors (Lipinski definition) is 0. The Morgan fingerprint density at radius 3 is 2.17 bits per heavy atom. The molecule has 2 aliphatic heterocycles. The van der Waals surface area contributed by atoms with Gasteiger partial charge in [0, 0.05) is 38.0 Å². The smallest absolute Gasteiger partial charge is 0.148 e. The lowest BCUT2D eigenvalue weighted by Gasteiger charge is -2.41. The second kappa shape index (κ2) is 4.18. The van der Waals surface area contributed by atoms with Crippen molar-refractivity contribution in [2.24, 2.45) is 5.41 Å². The van der Waals surface area contributed by atoms with Crippen LogP contribution in [0.2, 0.25) is 0 Å². The molecule has 3 fully saturated rings. The molecule has 0 aromatic heterocycles. The molecule has 3 rings (SSSR count). The molecule has 0 amide bonds. The Bertz CT molecular complexity index is 416. The summed E-state index contributed by atoms with van der Waals surface area (Å²) in [4.78, 5) is 5.05. The van der Waals surface area contributed by atoms with Crippen molar-refractivity contribution in [2.75, 3.05) is 38.7 Å². The topological polar surface area (TPSA) is 40.6 Å². The van der Waals surface area contributed by atoms with E-state index < -0.39 is 9.84 Å². The van der Waals surface area contributed by atoms with Gasteiger partial charge in [-0.1, -0.05) is 0 Å². The zero-order valence-electron chi connectivity index (χ0n) is 11.4. The molecule has 104 valence electrons. The van der Waals surface area contributed by atoms with Gasteiger partial charge in [-0.25, -0.2) is 8.42 Å². The van der Waals surface area contributed by atoms with Crippen LogP contribution in [-0.4, -0.2) is 69.0 Å². The van der Waals surface area contributed by atoms with Gasteiger partial charge in [0.05, 0.1) is 5.75 Å². The minimum absolute atomic E-state index is 0.102. The highest BCUT2D eigenvalue weighted by Crippen LogP contribution is 2.49. The van der Waals surface area contributed by atoms with E-state index in [9.17, 15) is 8.42 Å². The summed E-state index contributed by atoms with van der Waals surface area (Å²) in [5, 5.41) is 0. The zero-order valence-corrected chi connectivity index (χ0v) is 12.2. The van der Waals surface area contributed by atoms with Crippen LogP contribution in [0.25, 0.3) is 0 Å². The lowest BCUT2D eigenvalue weighted by molar-refractivity contribution is 0.0668. The molecule has 0 aromatic carbocycles. The van der Waals surface area contributed by atoms with Gasteiger partial charge >= 0.3 is 0 Å². The molecule has 18 heavy (non-hydrogen) atoms. The van der Waals surface area contributed by atoms with Crippen molar-refractivity contribution in [1.82, 2.24) is 9.80 Å². The van der Waals surface area contributed by atoms with Crippen molar-refractivity contribution in [3.63, 3.8) is 0 Å². The van der Waals surface area contributed by atoms with Gasteiger partial charge in [0.2, 0.25) is 0 Å². The van der Waals surface area contributed by atoms with Crippen LogP contribution >= 0.6 is 0 Å². The first-order valence-electron chi connectivity index (χ1n) is 6.99. The Hall–Kier alpha value is -0.130. The SMILES string of the molecule is CN1CC2CCC(C1)N2CC1(CS(C)(=O)=O)CC1. The molecule has 2 saturated heterocycles. The van der Waals surface area contributed by atoms with Crippen molar-refractivity contribution in [3.8, 4) is 0 Å². The Kier molecular flexibility index (Phi) is 2.99. The molecule has 2 atom stereocenters. The molecule has 1 aliphatic carbocycles. The van der Waals surface area contributed by atoms with Gasteiger partial charge in [0.1, 0.15) is 9.84 Å². The van der Waals surface area contributed by atoms with Crippen LogP contribution in [-0.2, 0) is 9.84 Å². The molecule has 2 heterocycles. The molecule has 0 spiro atoms. The second-order valence-corrected chi connectivity index (χ2v) is 8.99. The highest BCUT2D eigenvalue weighted by Gasteiger charge is 2.50. The molecular weight excluding hydrogens is 248 g/mol. The second-order valence-electron chi connectivity index (χ2n) is 6.85. The standard InChI is InChI=1S/C13H24N2O2S/c1-14-7-11-3-4-12(8-14)15(11)9-13(5-6-13)10-18(2,16)17/h11-12H,3-10H2,1-2H3. The normalized spacial score (nSPS) is 35.9. The highest BCUT2D eigenvalue weighted by atomic mass is 32.2. The quantitative estimate of drug-likeness (QED) is 0.751. The summed E-state index contributed by atoms with van der Waals surface area (Å²) in [6.07, 6.45) is 6.18. The van der Waals surface area contributed by atoms with Gasteiger partial charge < -0.3 is 4.90 Å². The van der Waals surface area contributed by atoms with E-state index in [2.05, 4.69) is 16.8 Å². The number of sulfone groups is 1. The van der Waals surface area contributed by atoms with Crippen LogP contribution in [0.3, 0.4) is 0 Å². The van der Waals surface area contributed by atoms with E-state index in [1.807, 2.05) is 0 Å². The molecule has 2 unspecified atom stereocenters. The Labute approximate surface area is 110 Å². The minimum Gasteiger partial charge on any atom is -0.303 e. The average molecular weight is 272 g/mol. The number of hydrogen-bond acceptors (Lipinski definition) is 4. The Balaban J connectivity index is 1.67. The van der Waals surface area contributed by atoms with Crippen LogP contribution in [0.4, 0.5) is 0 Å². The summed E-state index contributed by atoms with van der Waals surface area (Å²) < 4.78 is 23.1. The van der Waals surface area contributed by atoms with Gasteiger partial charge in [-0.05, 0) is 38.1 Å². The van der Waals surface area contributed by atoms with Crippen LogP contribution in [0.1, 0.15) is 25.7 Å². The molecule has 0 radical (unpaired) electrons. The summed E-state index contributed by atoms with van der Waals surface area (Å²) in [5.41, 5.74) is 0.102. The van der Waals surface area contributed by atoms with Gasteiger partial charge in [0.15, 0.2) is 0 Å². The first kappa shape index (κ1) is 12.9. The third-order valence-corrected chi connectivity index (χ3v) is 6.00. The number of likely N-dealkylation sites (N-methyl/N-ethyl adjacent to an activating group) is 1. The number of likely N-dealkylation sites (tertiary alicyclic amines) is 1. The maximum Gasteiger partial charge on any atom is 0.148 e. The van der Waals surface area contributed by atoms with Crippen LogP contribution < -0.4 is 0 Å². The maximum absolute atomic E-state index is 11.5. The van der Waals surface area contributed by atoms with E-state index in [1.165, 1.54) is 19.1 Å². The van der Waals surface area contributed by atoms with Crippen molar-refractivity contribution < 1.29 is 8.42 Å². The number of piperazine rings is 1. The molecular formula is C13H24N2O2S. The van der Waals surface area contributed by atoms with Crippen LogP contribution in [0.15, 0.2) is 0 Å². The van der Waals surface area contributed by atoms with E-state index in [0.717, 1.165) is 32.5 Å². The van der Waals surface area contributed by atoms with Crippen molar-refractivity contribution in [2.45, 2.75) is 37.8 Å². The molecule has 0 N–H and O–H groups in total.